The van der Waals surface area contributed by atoms with Crippen LogP contribution in [0.2, 0.25) is 0 Å². The van der Waals surface area contributed by atoms with Crippen molar-refractivity contribution in [2.45, 2.75) is 50.6 Å². The van der Waals surface area contributed by atoms with Crippen LogP contribution >= 0.6 is 12.4 Å². The Morgan fingerprint density at radius 3 is 2.65 bits per heavy atom. The maximum absolute atomic E-state index is 12.2. The lowest BCUT2D eigenvalue weighted by Crippen LogP contribution is -2.27. The van der Waals surface area contributed by atoms with E-state index in [0.717, 1.165) is 32.2 Å². The highest BCUT2D eigenvalue weighted by Crippen LogP contribution is 2.22. The third-order valence-electron chi connectivity index (χ3n) is 4.24. The van der Waals surface area contributed by atoms with Gasteiger partial charge in [-0.3, -0.25) is 9.59 Å². The maximum atomic E-state index is 12.2. The van der Waals surface area contributed by atoms with Gasteiger partial charge >= 0.3 is 0 Å². The van der Waals surface area contributed by atoms with Crippen LogP contribution in [0.4, 0.5) is 5.69 Å². The predicted molar refractivity (Wildman–Crippen MR) is 93.1 cm³/mol. The van der Waals surface area contributed by atoms with E-state index >= 15 is 0 Å². The van der Waals surface area contributed by atoms with Crippen molar-refractivity contribution >= 4 is 29.9 Å². The number of nitrogens with one attached hydrogen (secondary N) is 3. The van der Waals surface area contributed by atoms with Crippen molar-refractivity contribution in [1.29, 1.82) is 0 Å². The molecule has 1 heterocycles. The molecule has 126 valence electrons. The normalized spacial score (nSPS) is 19.7. The zero-order valence-corrected chi connectivity index (χ0v) is 14.0. The SMILES string of the molecule is Cl.O=C(CCC1CCCN1)Nc1ccccc1C(=O)NC1CC1. The van der Waals surface area contributed by atoms with E-state index in [4.69, 9.17) is 0 Å². The largest absolute Gasteiger partial charge is 0.349 e. The zero-order chi connectivity index (χ0) is 15.4. The van der Waals surface area contributed by atoms with E-state index in [1.807, 2.05) is 12.1 Å². The molecule has 1 aromatic carbocycles. The minimum Gasteiger partial charge on any atom is -0.349 e. The van der Waals surface area contributed by atoms with Gasteiger partial charge in [-0.2, -0.15) is 0 Å². The summed E-state index contributed by atoms with van der Waals surface area (Å²) in [4.78, 5) is 24.3. The molecule has 2 fully saturated rings. The number of amides is 2. The quantitative estimate of drug-likeness (QED) is 0.747. The van der Waals surface area contributed by atoms with Crippen molar-refractivity contribution in [2.75, 3.05) is 11.9 Å². The molecule has 3 rings (SSSR count). The fraction of sp³-hybridized carbons (Fsp3) is 0.529. The molecule has 5 nitrogen and oxygen atoms in total. The first kappa shape index (κ1) is 17.8. The lowest BCUT2D eigenvalue weighted by Gasteiger charge is -2.12. The summed E-state index contributed by atoms with van der Waals surface area (Å²) in [6, 6.07) is 7.96. The highest BCUT2D eigenvalue weighted by Gasteiger charge is 2.25. The number of halogens is 1. The molecule has 2 aliphatic rings. The van der Waals surface area contributed by atoms with Crippen LogP contribution < -0.4 is 16.0 Å². The van der Waals surface area contributed by atoms with Gasteiger partial charge in [0.1, 0.15) is 0 Å². The Balaban J connectivity index is 0.00000192. The van der Waals surface area contributed by atoms with Gasteiger partial charge in [0.2, 0.25) is 5.91 Å². The van der Waals surface area contributed by atoms with Crippen molar-refractivity contribution in [2.24, 2.45) is 0 Å². The van der Waals surface area contributed by atoms with Crippen LogP contribution in [0, 0.1) is 0 Å². The summed E-state index contributed by atoms with van der Waals surface area (Å²) >= 11 is 0. The summed E-state index contributed by atoms with van der Waals surface area (Å²) in [6.07, 6.45) is 5.77. The molecule has 0 aromatic heterocycles. The molecule has 1 saturated heterocycles. The number of benzene rings is 1. The molecular formula is C17H24ClN3O2. The fourth-order valence-electron chi connectivity index (χ4n) is 2.80. The van der Waals surface area contributed by atoms with Gasteiger partial charge in [-0.25, -0.2) is 0 Å². The molecule has 1 aromatic rings. The van der Waals surface area contributed by atoms with Gasteiger partial charge in [0.25, 0.3) is 5.91 Å². The molecule has 6 heteroatoms. The molecule has 1 unspecified atom stereocenters. The Bertz CT molecular complexity index is 555. The second kappa shape index (κ2) is 8.31. The second-order valence-corrected chi connectivity index (χ2v) is 6.17. The zero-order valence-electron chi connectivity index (χ0n) is 13.1. The van der Waals surface area contributed by atoms with Gasteiger partial charge in [-0.15, -0.1) is 12.4 Å². The molecule has 1 aliphatic heterocycles. The summed E-state index contributed by atoms with van der Waals surface area (Å²) in [5.41, 5.74) is 1.15. The van der Waals surface area contributed by atoms with Gasteiger partial charge in [-0.05, 0) is 50.8 Å². The van der Waals surface area contributed by atoms with E-state index in [9.17, 15) is 9.59 Å². The topological polar surface area (TPSA) is 70.2 Å². The summed E-state index contributed by atoms with van der Waals surface area (Å²) in [5, 5.41) is 9.23. The first-order valence-electron chi connectivity index (χ1n) is 8.15. The molecule has 0 bridgehead atoms. The number of para-hydroxylation sites is 1. The van der Waals surface area contributed by atoms with Crippen LogP contribution in [0.25, 0.3) is 0 Å². The Kier molecular flexibility index (Phi) is 6.42. The Hall–Kier alpha value is -1.59. The average Bonchev–Trinajstić information content (AvgIpc) is 3.17. The second-order valence-electron chi connectivity index (χ2n) is 6.17. The molecular weight excluding hydrogens is 314 g/mol. The van der Waals surface area contributed by atoms with E-state index in [-0.39, 0.29) is 24.2 Å². The van der Waals surface area contributed by atoms with Crippen LogP contribution in [-0.2, 0) is 4.79 Å². The predicted octanol–water partition coefficient (Wildman–Crippen LogP) is 2.47. The number of rotatable bonds is 6. The van der Waals surface area contributed by atoms with Crippen molar-refractivity contribution in [3.8, 4) is 0 Å². The van der Waals surface area contributed by atoms with Crippen LogP contribution in [0.3, 0.4) is 0 Å². The minimum atomic E-state index is -0.101. The van der Waals surface area contributed by atoms with Gasteiger partial charge in [0.15, 0.2) is 0 Å². The molecule has 1 saturated carbocycles. The van der Waals surface area contributed by atoms with Crippen molar-refractivity contribution < 1.29 is 9.59 Å². The van der Waals surface area contributed by atoms with Crippen molar-refractivity contribution in [3.05, 3.63) is 29.8 Å². The first-order valence-corrected chi connectivity index (χ1v) is 8.15. The third kappa shape index (κ3) is 5.22. The first-order chi connectivity index (χ1) is 10.7. The number of hydrogen-bond acceptors (Lipinski definition) is 3. The van der Waals surface area contributed by atoms with Gasteiger partial charge in [-0.1, -0.05) is 12.1 Å². The lowest BCUT2D eigenvalue weighted by molar-refractivity contribution is -0.116. The highest BCUT2D eigenvalue weighted by atomic mass is 35.5. The van der Waals surface area contributed by atoms with Crippen LogP contribution in [0.15, 0.2) is 24.3 Å². The monoisotopic (exact) mass is 337 g/mol. The van der Waals surface area contributed by atoms with Crippen molar-refractivity contribution in [3.63, 3.8) is 0 Å². The highest BCUT2D eigenvalue weighted by molar-refractivity contribution is 6.03. The Morgan fingerprint density at radius 1 is 1.17 bits per heavy atom. The molecule has 3 N–H and O–H groups in total. The van der Waals surface area contributed by atoms with Crippen LogP contribution in [0.5, 0.6) is 0 Å². The fourth-order valence-corrected chi connectivity index (χ4v) is 2.80. The summed E-state index contributed by atoms with van der Waals surface area (Å²) in [7, 11) is 0. The number of anilines is 1. The van der Waals surface area contributed by atoms with E-state index in [0.29, 0.717) is 29.8 Å². The standard InChI is InChI=1S/C17H23N3O2.ClH/c21-16(10-9-12-4-3-11-18-12)20-15-6-2-1-5-14(15)17(22)19-13-7-8-13;/h1-2,5-6,12-13,18H,3-4,7-11H2,(H,19,22)(H,20,21);1H. The molecule has 1 aliphatic carbocycles. The van der Waals surface area contributed by atoms with Gasteiger partial charge < -0.3 is 16.0 Å². The molecule has 1 atom stereocenters. The summed E-state index contributed by atoms with van der Waals surface area (Å²) < 4.78 is 0. The lowest BCUT2D eigenvalue weighted by atomic mass is 10.1. The van der Waals surface area contributed by atoms with Gasteiger partial charge in [0, 0.05) is 18.5 Å². The number of hydrogen-bond donors (Lipinski definition) is 3. The van der Waals surface area contributed by atoms with Crippen LogP contribution in [0.1, 0.15) is 48.9 Å². The average molecular weight is 338 g/mol. The maximum Gasteiger partial charge on any atom is 0.253 e. The third-order valence-corrected chi connectivity index (χ3v) is 4.24. The Morgan fingerprint density at radius 2 is 1.96 bits per heavy atom. The van der Waals surface area contributed by atoms with E-state index in [2.05, 4.69) is 16.0 Å². The molecule has 0 radical (unpaired) electrons. The molecule has 23 heavy (non-hydrogen) atoms. The van der Waals surface area contributed by atoms with Gasteiger partial charge in [0.05, 0.1) is 11.3 Å². The Labute approximate surface area is 143 Å². The molecule has 2 amide bonds. The van der Waals surface area contributed by atoms with E-state index < -0.39 is 0 Å². The van der Waals surface area contributed by atoms with Crippen molar-refractivity contribution in [1.82, 2.24) is 10.6 Å². The summed E-state index contributed by atoms with van der Waals surface area (Å²) in [6.45, 7) is 1.05. The van der Waals surface area contributed by atoms with Crippen LogP contribution in [-0.4, -0.2) is 30.4 Å². The number of carbonyl (C=O) groups excluding carboxylic acids is 2. The smallest absolute Gasteiger partial charge is 0.253 e. The van der Waals surface area contributed by atoms with E-state index in [1.54, 1.807) is 12.1 Å². The van der Waals surface area contributed by atoms with E-state index in [1.165, 1.54) is 6.42 Å². The molecule has 0 spiro atoms. The summed E-state index contributed by atoms with van der Waals surface area (Å²) in [5.74, 6) is -0.128. The minimum absolute atomic E-state index is 0. The number of carbonyl (C=O) groups is 2.